The number of imide groups is 2. The van der Waals surface area contributed by atoms with Crippen molar-refractivity contribution < 1.29 is 23.9 Å². The molecule has 0 aromatic heterocycles. The van der Waals surface area contributed by atoms with Crippen molar-refractivity contribution in [1.29, 1.82) is 0 Å². The van der Waals surface area contributed by atoms with Crippen LogP contribution in [0.1, 0.15) is 6.92 Å². The molecule has 1 aliphatic heterocycles. The molecule has 1 aliphatic rings. The Morgan fingerprint density at radius 1 is 1.20 bits per heavy atom. The number of amides is 6. The molecule has 25 heavy (non-hydrogen) atoms. The van der Waals surface area contributed by atoms with Crippen LogP contribution in [0.4, 0.5) is 15.3 Å². The number of para-hydroxylation sites is 1. The normalized spacial score (nSPS) is 17.0. The van der Waals surface area contributed by atoms with Crippen molar-refractivity contribution in [2.75, 3.05) is 31.7 Å². The number of carbonyl (C=O) groups excluding carboxylic acids is 4. The fraction of sp³-hybridized carbons (Fsp3) is 0.375. The molecule has 134 valence electrons. The van der Waals surface area contributed by atoms with Crippen LogP contribution in [0.25, 0.3) is 0 Å². The molecule has 1 saturated heterocycles. The first-order valence-corrected chi connectivity index (χ1v) is 7.72. The molecular weight excluding hydrogens is 328 g/mol. The number of methoxy groups -OCH3 is 1. The lowest BCUT2D eigenvalue weighted by Crippen LogP contribution is -2.47. The van der Waals surface area contributed by atoms with Crippen LogP contribution in [-0.4, -0.2) is 61.6 Å². The van der Waals surface area contributed by atoms with Gasteiger partial charge < -0.3 is 10.1 Å². The molecule has 1 fully saturated rings. The zero-order valence-corrected chi connectivity index (χ0v) is 14.0. The molecule has 6 amide bonds. The third-order valence-electron chi connectivity index (χ3n) is 3.63. The summed E-state index contributed by atoms with van der Waals surface area (Å²) in [7, 11) is 1.48. The average Bonchev–Trinajstić information content (AvgIpc) is 2.79. The minimum Gasteiger partial charge on any atom is -0.383 e. The summed E-state index contributed by atoms with van der Waals surface area (Å²) in [6.07, 6.45) is 0. The molecule has 0 unspecified atom stereocenters. The van der Waals surface area contributed by atoms with E-state index in [4.69, 9.17) is 4.74 Å². The number of benzene rings is 1. The maximum Gasteiger partial charge on any atom is 0.332 e. The van der Waals surface area contributed by atoms with Gasteiger partial charge in [0, 0.05) is 19.3 Å². The third kappa shape index (κ3) is 4.32. The predicted molar refractivity (Wildman–Crippen MR) is 88.9 cm³/mol. The molecule has 9 heteroatoms. The zero-order valence-electron chi connectivity index (χ0n) is 14.0. The third-order valence-corrected chi connectivity index (χ3v) is 3.63. The topological polar surface area (TPSA) is 108 Å². The summed E-state index contributed by atoms with van der Waals surface area (Å²) in [5.74, 6) is -1.25. The fourth-order valence-electron chi connectivity index (χ4n) is 2.41. The van der Waals surface area contributed by atoms with Gasteiger partial charge >= 0.3 is 12.1 Å². The highest BCUT2D eigenvalue weighted by molar-refractivity contribution is 6.15. The van der Waals surface area contributed by atoms with Gasteiger partial charge in [-0.2, -0.15) is 0 Å². The van der Waals surface area contributed by atoms with Crippen LogP contribution >= 0.6 is 0 Å². The van der Waals surface area contributed by atoms with Gasteiger partial charge in [0.2, 0.25) is 5.91 Å². The van der Waals surface area contributed by atoms with Gasteiger partial charge in [-0.3, -0.25) is 24.7 Å². The second-order valence-electron chi connectivity index (χ2n) is 5.39. The molecule has 0 bridgehead atoms. The van der Waals surface area contributed by atoms with Crippen molar-refractivity contribution in [1.82, 2.24) is 15.5 Å². The highest BCUT2D eigenvalue weighted by atomic mass is 16.5. The van der Waals surface area contributed by atoms with E-state index in [1.807, 2.05) is 0 Å². The molecule has 1 heterocycles. The van der Waals surface area contributed by atoms with E-state index < -0.39 is 36.5 Å². The standard InChI is InChI=1S/C16H20N4O5/c1-11-14(22)19(10-13(21)18-15(23)17-8-9-25-2)16(24)20(11)12-6-4-3-5-7-12/h3-7,11H,8-10H2,1-2H3,(H2,17,18,21,23)/t11-/m0/s1. The largest absolute Gasteiger partial charge is 0.383 e. The number of urea groups is 2. The number of nitrogens with one attached hydrogen (secondary N) is 2. The highest BCUT2D eigenvalue weighted by Gasteiger charge is 2.44. The van der Waals surface area contributed by atoms with Gasteiger partial charge in [-0.1, -0.05) is 18.2 Å². The summed E-state index contributed by atoms with van der Waals surface area (Å²) in [6.45, 7) is 1.59. The summed E-state index contributed by atoms with van der Waals surface area (Å²) in [4.78, 5) is 50.4. The fourth-order valence-corrected chi connectivity index (χ4v) is 2.41. The number of ether oxygens (including phenoxy) is 1. The molecule has 1 aromatic carbocycles. The zero-order chi connectivity index (χ0) is 18.4. The maximum atomic E-state index is 12.5. The van der Waals surface area contributed by atoms with Gasteiger partial charge in [0.1, 0.15) is 12.6 Å². The van der Waals surface area contributed by atoms with Gasteiger partial charge in [-0.05, 0) is 19.1 Å². The van der Waals surface area contributed by atoms with Crippen molar-refractivity contribution in [2.24, 2.45) is 0 Å². The van der Waals surface area contributed by atoms with Crippen LogP contribution in [-0.2, 0) is 14.3 Å². The van der Waals surface area contributed by atoms with Crippen molar-refractivity contribution in [2.45, 2.75) is 13.0 Å². The minimum absolute atomic E-state index is 0.232. The SMILES string of the molecule is COCCNC(=O)NC(=O)CN1C(=O)[C@H](C)N(c2ccccc2)C1=O. The molecule has 9 nitrogen and oxygen atoms in total. The monoisotopic (exact) mass is 348 g/mol. The number of nitrogens with zero attached hydrogens (tertiary/aromatic N) is 2. The van der Waals surface area contributed by atoms with Gasteiger partial charge in [-0.15, -0.1) is 0 Å². The predicted octanol–water partition coefficient (Wildman–Crippen LogP) is 0.316. The van der Waals surface area contributed by atoms with E-state index in [0.29, 0.717) is 12.3 Å². The Morgan fingerprint density at radius 3 is 2.52 bits per heavy atom. The van der Waals surface area contributed by atoms with E-state index in [9.17, 15) is 19.2 Å². The summed E-state index contributed by atoms with van der Waals surface area (Å²) in [5, 5.41) is 4.48. The Balaban J connectivity index is 1.98. The van der Waals surface area contributed by atoms with Gasteiger partial charge in [0.25, 0.3) is 5.91 Å². The van der Waals surface area contributed by atoms with Crippen molar-refractivity contribution in [3.05, 3.63) is 30.3 Å². The second kappa shape index (κ2) is 8.25. The van der Waals surface area contributed by atoms with Crippen LogP contribution in [0.2, 0.25) is 0 Å². The van der Waals surface area contributed by atoms with Crippen LogP contribution in [0.15, 0.2) is 30.3 Å². The number of hydrogen-bond acceptors (Lipinski definition) is 5. The molecule has 0 radical (unpaired) electrons. The lowest BCUT2D eigenvalue weighted by Gasteiger charge is -2.19. The average molecular weight is 348 g/mol. The first-order valence-electron chi connectivity index (χ1n) is 7.72. The highest BCUT2D eigenvalue weighted by Crippen LogP contribution is 2.25. The Hall–Kier alpha value is -2.94. The lowest BCUT2D eigenvalue weighted by atomic mass is 10.2. The summed E-state index contributed by atoms with van der Waals surface area (Å²) >= 11 is 0. The molecule has 1 aromatic rings. The van der Waals surface area contributed by atoms with E-state index in [0.717, 1.165) is 4.90 Å². The van der Waals surface area contributed by atoms with Crippen LogP contribution in [0.3, 0.4) is 0 Å². The molecule has 0 saturated carbocycles. The van der Waals surface area contributed by atoms with E-state index >= 15 is 0 Å². The Kier molecular flexibility index (Phi) is 6.07. The second-order valence-corrected chi connectivity index (χ2v) is 5.39. The van der Waals surface area contributed by atoms with Gasteiger partial charge in [0.15, 0.2) is 0 Å². The molecule has 1 atom stereocenters. The first-order chi connectivity index (χ1) is 12.0. The van der Waals surface area contributed by atoms with E-state index in [1.165, 1.54) is 12.0 Å². The molecule has 2 rings (SSSR count). The van der Waals surface area contributed by atoms with E-state index in [1.54, 1.807) is 37.3 Å². The minimum atomic E-state index is -0.751. The quantitative estimate of drug-likeness (QED) is 0.568. The van der Waals surface area contributed by atoms with E-state index in [-0.39, 0.29) is 6.54 Å². The van der Waals surface area contributed by atoms with Crippen LogP contribution in [0.5, 0.6) is 0 Å². The van der Waals surface area contributed by atoms with Crippen LogP contribution < -0.4 is 15.5 Å². The van der Waals surface area contributed by atoms with Crippen molar-refractivity contribution in [3.63, 3.8) is 0 Å². The van der Waals surface area contributed by atoms with Gasteiger partial charge in [0.05, 0.1) is 6.61 Å². The number of carbonyl (C=O) groups is 4. The number of rotatable bonds is 6. The summed E-state index contributed by atoms with van der Waals surface area (Å²) in [6, 6.07) is 6.66. The molecule has 0 spiro atoms. The van der Waals surface area contributed by atoms with Crippen molar-refractivity contribution >= 4 is 29.6 Å². The van der Waals surface area contributed by atoms with E-state index in [2.05, 4.69) is 10.6 Å². The number of hydrogen-bond donors (Lipinski definition) is 2. The smallest absolute Gasteiger partial charge is 0.332 e. The Morgan fingerprint density at radius 2 is 1.88 bits per heavy atom. The van der Waals surface area contributed by atoms with Crippen LogP contribution in [0, 0.1) is 0 Å². The van der Waals surface area contributed by atoms with Gasteiger partial charge in [-0.25, -0.2) is 9.59 Å². The molecule has 0 aliphatic carbocycles. The Bertz CT molecular complexity index is 664. The van der Waals surface area contributed by atoms with Crippen molar-refractivity contribution in [3.8, 4) is 0 Å². The Labute approximate surface area is 144 Å². The number of anilines is 1. The summed E-state index contributed by atoms with van der Waals surface area (Å²) in [5.41, 5.74) is 0.563. The summed E-state index contributed by atoms with van der Waals surface area (Å²) < 4.78 is 4.77. The molecular formula is C16H20N4O5. The maximum absolute atomic E-state index is 12.5. The molecule has 2 N–H and O–H groups in total. The first kappa shape index (κ1) is 18.4. The lowest BCUT2D eigenvalue weighted by molar-refractivity contribution is -0.131.